The van der Waals surface area contributed by atoms with Crippen LogP contribution in [0.2, 0.25) is 0 Å². The van der Waals surface area contributed by atoms with E-state index in [0.717, 1.165) is 154 Å². The summed E-state index contributed by atoms with van der Waals surface area (Å²) in [5.41, 5.74) is 0. The fourth-order valence-corrected chi connectivity index (χ4v) is 9.76. The maximum Gasteiger partial charge on any atom is 0.306 e. The van der Waals surface area contributed by atoms with Crippen LogP contribution in [0.1, 0.15) is 342 Å². The molecule has 0 aliphatic carbocycles. The van der Waals surface area contributed by atoms with Crippen LogP contribution in [0.4, 0.5) is 0 Å². The third kappa shape index (κ3) is 62.1. The zero-order chi connectivity index (χ0) is 66.9. The van der Waals surface area contributed by atoms with Crippen LogP contribution in [0.3, 0.4) is 0 Å². The van der Waals surface area contributed by atoms with Crippen molar-refractivity contribution in [2.75, 3.05) is 46.2 Å². The van der Waals surface area contributed by atoms with Crippen molar-refractivity contribution in [3.8, 4) is 0 Å². The normalized spacial score (nSPS) is 11.7. The molecule has 0 radical (unpaired) electrons. The molecule has 0 spiro atoms. The Bertz CT molecular complexity index is 1870. The van der Waals surface area contributed by atoms with Crippen molar-refractivity contribution in [1.82, 2.24) is 0 Å². The third-order valence-corrected chi connectivity index (χ3v) is 15.5. The molecule has 2 unspecified atom stereocenters. The second kappa shape index (κ2) is 65.0. The van der Waals surface area contributed by atoms with Gasteiger partial charge in [0, 0.05) is 70.6 Å². The smallest absolute Gasteiger partial charge is 0.306 e. The van der Waals surface area contributed by atoms with Gasteiger partial charge in [-0.2, -0.15) is 0 Å². The monoisotopic (exact) mass is 1290 g/mol. The van der Waals surface area contributed by atoms with Crippen LogP contribution in [0, 0.1) is 0 Å². The highest BCUT2D eigenvalue weighted by Gasteiger charge is 2.22. The molecule has 91 heavy (non-hydrogen) atoms. The number of ether oxygens (including phenoxy) is 9. The first-order valence-electron chi connectivity index (χ1n) is 36.2. The van der Waals surface area contributed by atoms with Crippen LogP contribution in [0.5, 0.6) is 0 Å². The molecule has 0 fully saturated rings. The summed E-state index contributed by atoms with van der Waals surface area (Å²) in [6.07, 6.45) is 33.7. The molecule has 0 aromatic heterocycles. The fourth-order valence-electron chi connectivity index (χ4n) is 9.76. The first-order valence-corrected chi connectivity index (χ1v) is 36.2. The molecular weight excluding hydrogens is 1170 g/mol. The topological polar surface area (TPSA) is 254 Å². The number of ketones is 1. The molecule has 0 saturated heterocycles. The number of carbonyl (C=O) groups is 10. The van der Waals surface area contributed by atoms with Gasteiger partial charge in [0.15, 0.2) is 12.2 Å². The van der Waals surface area contributed by atoms with E-state index >= 15 is 0 Å². The zero-order valence-electron chi connectivity index (χ0n) is 57.5. The molecule has 0 aromatic rings. The van der Waals surface area contributed by atoms with Gasteiger partial charge in [-0.05, 0) is 89.9 Å². The van der Waals surface area contributed by atoms with Crippen LogP contribution in [0.15, 0.2) is 0 Å². The molecule has 0 rings (SSSR count). The van der Waals surface area contributed by atoms with E-state index in [2.05, 4.69) is 6.92 Å². The van der Waals surface area contributed by atoms with Crippen molar-refractivity contribution in [2.45, 2.75) is 355 Å². The molecule has 528 valence electrons. The number of rotatable bonds is 67. The minimum absolute atomic E-state index is 0.115. The van der Waals surface area contributed by atoms with E-state index in [-0.39, 0.29) is 82.9 Å². The maximum atomic E-state index is 12.9. The van der Waals surface area contributed by atoms with Gasteiger partial charge in [0.1, 0.15) is 32.2 Å². The summed E-state index contributed by atoms with van der Waals surface area (Å²) in [4.78, 5) is 125. The van der Waals surface area contributed by atoms with Crippen LogP contribution < -0.4 is 0 Å². The van der Waals surface area contributed by atoms with E-state index in [1.165, 1.54) is 32.1 Å². The average Bonchev–Trinajstić information content (AvgIpc) is 3.67. The fraction of sp³-hybridized carbons (Fsp3) is 0.861. The van der Waals surface area contributed by atoms with E-state index < -0.39 is 48.0 Å². The number of esters is 9. The van der Waals surface area contributed by atoms with E-state index in [9.17, 15) is 47.9 Å². The lowest BCUT2D eigenvalue weighted by Crippen LogP contribution is -2.30. The molecule has 0 aromatic carbocycles. The summed E-state index contributed by atoms with van der Waals surface area (Å²) in [5, 5.41) is 0. The Hall–Kier alpha value is -5.10. The third-order valence-electron chi connectivity index (χ3n) is 15.5. The highest BCUT2D eigenvalue weighted by molar-refractivity contribution is 5.78. The van der Waals surface area contributed by atoms with Gasteiger partial charge in [-0.15, -0.1) is 0 Å². The van der Waals surface area contributed by atoms with Gasteiger partial charge in [0.2, 0.25) is 0 Å². The van der Waals surface area contributed by atoms with Crippen molar-refractivity contribution in [2.24, 2.45) is 0 Å². The number of hydrogen-bond acceptors (Lipinski definition) is 19. The number of unbranched alkanes of at least 4 members (excludes halogenated alkanes) is 29. The van der Waals surface area contributed by atoms with E-state index in [0.29, 0.717) is 115 Å². The van der Waals surface area contributed by atoms with Gasteiger partial charge >= 0.3 is 53.7 Å². The van der Waals surface area contributed by atoms with Gasteiger partial charge in [0.05, 0.1) is 19.8 Å². The Kier molecular flexibility index (Phi) is 61.3. The maximum absolute atomic E-state index is 12.9. The van der Waals surface area contributed by atoms with Crippen molar-refractivity contribution in [1.29, 1.82) is 0 Å². The quantitative estimate of drug-likeness (QED) is 0.0311. The van der Waals surface area contributed by atoms with Gasteiger partial charge in [0.25, 0.3) is 0 Å². The molecule has 2 atom stereocenters. The molecule has 19 heteroatoms. The summed E-state index contributed by atoms with van der Waals surface area (Å²) in [5.74, 6) is -3.06. The second-order valence-electron chi connectivity index (χ2n) is 24.4. The molecule has 0 amide bonds. The largest absolute Gasteiger partial charge is 0.466 e. The van der Waals surface area contributed by atoms with Gasteiger partial charge < -0.3 is 42.6 Å². The molecule has 19 nitrogen and oxygen atoms in total. The highest BCUT2D eigenvalue weighted by atomic mass is 16.6. The lowest BCUT2D eigenvalue weighted by Gasteiger charge is -2.18. The Morgan fingerprint density at radius 3 is 0.593 bits per heavy atom. The Labute approximate surface area is 548 Å². The van der Waals surface area contributed by atoms with Crippen LogP contribution in [0.25, 0.3) is 0 Å². The van der Waals surface area contributed by atoms with Gasteiger partial charge in [-0.1, -0.05) is 182 Å². The van der Waals surface area contributed by atoms with Crippen molar-refractivity contribution >= 4 is 59.5 Å². The summed E-state index contributed by atoms with van der Waals surface area (Å²) >= 11 is 0. The first kappa shape index (κ1) is 85.9. The van der Waals surface area contributed by atoms with E-state index in [4.69, 9.17) is 42.6 Å². The molecule has 0 N–H and O–H groups in total. The van der Waals surface area contributed by atoms with Crippen LogP contribution >= 0.6 is 0 Å². The Morgan fingerprint density at radius 2 is 0.374 bits per heavy atom. The lowest BCUT2D eigenvalue weighted by atomic mass is 10.0. The van der Waals surface area contributed by atoms with Crippen molar-refractivity contribution in [3.63, 3.8) is 0 Å². The highest BCUT2D eigenvalue weighted by Crippen LogP contribution is 2.17. The minimum Gasteiger partial charge on any atom is -0.466 e. The molecule has 0 bridgehead atoms. The SMILES string of the molecule is CCCCCCCCCC(=O)CCCCCCCC(=O)OCC(COC(=O)CCCCCCCC(=O)OCC(COC(=O)CCCCCCCC(=O)OCCCC)OC(=O)CCCCCCCC(=O)OCCCC)OC(=O)CCCCCCCC(=O)OCCCC. The molecule has 0 heterocycles. The second-order valence-corrected chi connectivity index (χ2v) is 24.4. The molecule has 0 saturated carbocycles. The van der Waals surface area contributed by atoms with Crippen LogP contribution in [-0.4, -0.2) is 118 Å². The summed E-state index contributed by atoms with van der Waals surface area (Å²) < 4.78 is 48.9. The first-order chi connectivity index (χ1) is 44.2. The number of Topliss-reactive ketones (excluding diaryl/α,β-unsaturated/α-hetero) is 1. The predicted octanol–water partition coefficient (Wildman–Crippen LogP) is 16.4. The zero-order valence-corrected chi connectivity index (χ0v) is 57.5. The average molecular weight is 1300 g/mol. The lowest BCUT2D eigenvalue weighted by molar-refractivity contribution is -0.167. The summed E-state index contributed by atoms with van der Waals surface area (Å²) in [6.45, 7) is 8.62. The summed E-state index contributed by atoms with van der Waals surface area (Å²) in [6, 6.07) is 0. The van der Waals surface area contributed by atoms with Crippen molar-refractivity contribution in [3.05, 3.63) is 0 Å². The number of hydrogen-bond donors (Lipinski definition) is 0. The van der Waals surface area contributed by atoms with Gasteiger partial charge in [-0.3, -0.25) is 47.9 Å². The Morgan fingerprint density at radius 1 is 0.198 bits per heavy atom. The Balaban J connectivity index is 4.97. The van der Waals surface area contributed by atoms with Gasteiger partial charge in [-0.25, -0.2) is 0 Å². The number of carbonyl (C=O) groups excluding carboxylic acids is 10. The summed E-state index contributed by atoms with van der Waals surface area (Å²) in [7, 11) is 0. The van der Waals surface area contributed by atoms with Crippen molar-refractivity contribution < 1.29 is 90.6 Å². The van der Waals surface area contributed by atoms with E-state index in [1.54, 1.807) is 0 Å². The molecule has 0 aliphatic heterocycles. The standard InChI is InChI=1S/C72H126O19/c1-5-9-13-14-15-21-32-43-61(73)44-33-22-16-23-37-48-67(77)86-57-62(90-71(81)52-41-30-19-25-35-46-65(75)84-55-11-7-3)58-88-69(79)50-39-28-18-29-40-51-70(80)89-60-63(91-72(82)53-42-31-20-26-36-47-66(76)85-56-12-8-4)59-87-68(78)49-38-27-17-24-34-45-64(74)83-54-10-6-2/h62-63H,5-60H2,1-4H3. The van der Waals surface area contributed by atoms with Crippen LogP contribution in [-0.2, 0) is 90.6 Å². The van der Waals surface area contributed by atoms with E-state index in [1.807, 2.05) is 20.8 Å². The molecular formula is C72H126O19. The predicted molar refractivity (Wildman–Crippen MR) is 350 cm³/mol. The minimum atomic E-state index is -0.982. The molecule has 0 aliphatic rings.